The molecule has 0 radical (unpaired) electrons. The van der Waals surface area contributed by atoms with Crippen molar-refractivity contribution in [3.05, 3.63) is 12.4 Å². The van der Waals surface area contributed by atoms with Crippen LogP contribution in [0.1, 0.15) is 39.7 Å². The van der Waals surface area contributed by atoms with Crippen molar-refractivity contribution in [2.45, 2.75) is 51.3 Å². The molecule has 1 fully saturated rings. The highest BCUT2D eigenvalue weighted by Crippen LogP contribution is 2.34. The van der Waals surface area contributed by atoms with Crippen molar-refractivity contribution in [1.29, 1.82) is 0 Å². The van der Waals surface area contributed by atoms with Crippen LogP contribution in [-0.4, -0.2) is 44.7 Å². The van der Waals surface area contributed by atoms with Crippen molar-refractivity contribution in [1.82, 2.24) is 19.9 Å². The van der Waals surface area contributed by atoms with Gasteiger partial charge in [-0.1, -0.05) is 5.21 Å². The van der Waals surface area contributed by atoms with Gasteiger partial charge in [0, 0.05) is 19.3 Å². The number of carbonyl (C=O) groups is 1. The highest BCUT2D eigenvalue weighted by Gasteiger charge is 2.37. The van der Waals surface area contributed by atoms with Crippen LogP contribution in [0.2, 0.25) is 0 Å². The number of hydrogen-bond acceptors (Lipinski definition) is 4. The molecule has 1 heterocycles. The lowest BCUT2D eigenvalue weighted by molar-refractivity contribution is 0.00674. The minimum atomic E-state index is -0.444. The Morgan fingerprint density at radius 3 is 2.61 bits per heavy atom. The van der Waals surface area contributed by atoms with Gasteiger partial charge >= 0.3 is 6.09 Å². The summed E-state index contributed by atoms with van der Waals surface area (Å²) in [5.41, 5.74) is -0.444. The number of amides is 1. The Morgan fingerprint density at radius 1 is 1.44 bits per heavy atom. The van der Waals surface area contributed by atoms with Crippen molar-refractivity contribution in [3.8, 4) is 0 Å². The van der Waals surface area contributed by atoms with Crippen LogP contribution in [0.25, 0.3) is 0 Å². The Kier molecular flexibility index (Phi) is 3.28. The van der Waals surface area contributed by atoms with E-state index in [4.69, 9.17) is 4.74 Å². The van der Waals surface area contributed by atoms with E-state index < -0.39 is 5.60 Å². The lowest BCUT2D eigenvalue weighted by atomic mass is 9.86. The van der Waals surface area contributed by atoms with Crippen molar-refractivity contribution >= 4 is 6.09 Å². The maximum Gasteiger partial charge on any atom is 0.410 e. The Morgan fingerprint density at radius 2 is 2.11 bits per heavy atom. The summed E-state index contributed by atoms with van der Waals surface area (Å²) in [5, 5.41) is 7.75. The summed E-state index contributed by atoms with van der Waals surface area (Å²) >= 11 is 0. The zero-order chi connectivity index (χ0) is 13.3. The molecule has 6 heteroatoms. The number of aromatic nitrogens is 3. The fourth-order valence-electron chi connectivity index (χ4n) is 1.99. The number of carbonyl (C=O) groups excluding carboxylic acids is 1. The van der Waals surface area contributed by atoms with E-state index in [0.29, 0.717) is 6.04 Å². The second kappa shape index (κ2) is 4.59. The van der Waals surface area contributed by atoms with Gasteiger partial charge in [0.1, 0.15) is 5.60 Å². The monoisotopic (exact) mass is 252 g/mol. The van der Waals surface area contributed by atoms with E-state index in [1.54, 1.807) is 18.1 Å². The molecule has 0 aromatic carbocycles. The molecule has 0 spiro atoms. The zero-order valence-electron chi connectivity index (χ0n) is 11.3. The summed E-state index contributed by atoms with van der Waals surface area (Å²) in [5.74, 6) is 0. The van der Waals surface area contributed by atoms with Crippen LogP contribution in [0.4, 0.5) is 4.79 Å². The fraction of sp³-hybridized carbons (Fsp3) is 0.750. The molecular formula is C12H20N4O2. The van der Waals surface area contributed by atoms with E-state index in [2.05, 4.69) is 10.3 Å². The van der Waals surface area contributed by atoms with Crippen molar-refractivity contribution < 1.29 is 9.53 Å². The predicted molar refractivity (Wildman–Crippen MR) is 66.1 cm³/mol. The third kappa shape index (κ3) is 2.80. The van der Waals surface area contributed by atoms with Crippen LogP contribution >= 0.6 is 0 Å². The first-order valence-electron chi connectivity index (χ1n) is 6.18. The predicted octanol–water partition coefficient (Wildman–Crippen LogP) is 1.85. The summed E-state index contributed by atoms with van der Waals surface area (Å²) < 4.78 is 7.18. The standard InChI is InChI=1S/C12H20N4O2/c1-12(2,3)18-11(17)15(4)9-7-10(8-9)16-6-5-13-14-16/h5-6,9-10H,7-8H2,1-4H3. The second-order valence-corrected chi connectivity index (χ2v) is 5.75. The molecule has 6 nitrogen and oxygen atoms in total. The molecule has 0 saturated heterocycles. The molecular weight excluding hydrogens is 232 g/mol. The Labute approximate surface area is 107 Å². The van der Waals surface area contributed by atoms with Gasteiger partial charge < -0.3 is 9.64 Å². The quantitative estimate of drug-likeness (QED) is 0.806. The Balaban J connectivity index is 1.83. The van der Waals surface area contributed by atoms with Gasteiger partial charge in [0.25, 0.3) is 0 Å². The molecule has 1 amide bonds. The average molecular weight is 252 g/mol. The highest BCUT2D eigenvalue weighted by atomic mass is 16.6. The zero-order valence-corrected chi connectivity index (χ0v) is 11.3. The summed E-state index contributed by atoms with van der Waals surface area (Å²) in [6.45, 7) is 5.62. The lowest BCUT2D eigenvalue weighted by Gasteiger charge is -2.41. The largest absolute Gasteiger partial charge is 0.444 e. The van der Waals surface area contributed by atoms with Gasteiger partial charge in [0.2, 0.25) is 0 Å². The van der Waals surface area contributed by atoms with Crippen molar-refractivity contribution in [2.24, 2.45) is 0 Å². The van der Waals surface area contributed by atoms with Gasteiger partial charge in [-0.25, -0.2) is 9.48 Å². The SMILES string of the molecule is CN(C(=O)OC(C)(C)C)C1CC(n2ccnn2)C1. The maximum atomic E-state index is 11.9. The molecule has 1 aliphatic carbocycles. The van der Waals surface area contributed by atoms with Crippen molar-refractivity contribution in [3.63, 3.8) is 0 Å². The topological polar surface area (TPSA) is 60.2 Å². The number of ether oxygens (including phenoxy) is 1. The summed E-state index contributed by atoms with van der Waals surface area (Å²) in [4.78, 5) is 13.5. The van der Waals surface area contributed by atoms with E-state index in [0.717, 1.165) is 12.8 Å². The Hall–Kier alpha value is -1.59. The molecule has 0 N–H and O–H groups in total. The van der Waals surface area contributed by atoms with Crippen LogP contribution < -0.4 is 0 Å². The summed E-state index contributed by atoms with van der Waals surface area (Å²) in [6, 6.07) is 0.580. The van der Waals surface area contributed by atoms with Crippen molar-refractivity contribution in [2.75, 3.05) is 7.05 Å². The van der Waals surface area contributed by atoms with Gasteiger partial charge in [0.15, 0.2) is 0 Å². The highest BCUT2D eigenvalue weighted by molar-refractivity contribution is 5.68. The molecule has 1 aliphatic rings. The molecule has 1 saturated carbocycles. The van der Waals surface area contributed by atoms with E-state index >= 15 is 0 Å². The first-order valence-corrected chi connectivity index (χ1v) is 6.18. The smallest absolute Gasteiger partial charge is 0.410 e. The molecule has 0 atom stereocenters. The normalized spacial score (nSPS) is 23.3. The average Bonchev–Trinajstić information content (AvgIpc) is 2.65. The summed E-state index contributed by atoms with van der Waals surface area (Å²) in [6.07, 6.45) is 5.07. The van der Waals surface area contributed by atoms with E-state index in [1.807, 2.05) is 31.6 Å². The van der Waals surface area contributed by atoms with Crippen LogP contribution in [-0.2, 0) is 4.74 Å². The van der Waals surface area contributed by atoms with Crippen LogP contribution in [0.5, 0.6) is 0 Å². The molecule has 0 unspecified atom stereocenters. The Bertz CT molecular complexity index is 404. The van der Waals surface area contributed by atoms with E-state index in [-0.39, 0.29) is 12.1 Å². The number of hydrogen-bond donors (Lipinski definition) is 0. The first kappa shape index (κ1) is 12.9. The number of nitrogens with zero attached hydrogens (tertiary/aromatic N) is 4. The number of rotatable bonds is 2. The van der Waals surface area contributed by atoms with E-state index in [1.165, 1.54) is 0 Å². The lowest BCUT2D eigenvalue weighted by Crippen LogP contribution is -2.47. The second-order valence-electron chi connectivity index (χ2n) is 5.75. The van der Waals surface area contributed by atoms with Gasteiger partial charge in [-0.2, -0.15) is 0 Å². The summed E-state index contributed by atoms with van der Waals surface area (Å²) in [7, 11) is 1.79. The van der Waals surface area contributed by atoms with Gasteiger partial charge in [-0.05, 0) is 33.6 Å². The van der Waals surface area contributed by atoms with Gasteiger partial charge in [0.05, 0.1) is 12.2 Å². The molecule has 18 heavy (non-hydrogen) atoms. The van der Waals surface area contributed by atoms with Gasteiger partial charge in [-0.15, -0.1) is 5.10 Å². The van der Waals surface area contributed by atoms with Crippen LogP contribution in [0, 0.1) is 0 Å². The van der Waals surface area contributed by atoms with Gasteiger partial charge in [-0.3, -0.25) is 0 Å². The fourth-order valence-corrected chi connectivity index (χ4v) is 1.99. The third-order valence-corrected chi connectivity index (χ3v) is 3.13. The third-order valence-electron chi connectivity index (χ3n) is 3.13. The van der Waals surface area contributed by atoms with Crippen LogP contribution in [0.15, 0.2) is 12.4 Å². The molecule has 1 aromatic rings. The molecule has 100 valence electrons. The van der Waals surface area contributed by atoms with E-state index in [9.17, 15) is 4.79 Å². The molecule has 2 rings (SSSR count). The molecule has 0 bridgehead atoms. The maximum absolute atomic E-state index is 11.9. The first-order chi connectivity index (χ1) is 8.37. The molecule has 1 aromatic heterocycles. The molecule has 0 aliphatic heterocycles. The van der Waals surface area contributed by atoms with Crippen LogP contribution in [0.3, 0.4) is 0 Å². The minimum Gasteiger partial charge on any atom is -0.444 e. The minimum absolute atomic E-state index is 0.231.